The number of halogens is 1. The molecule has 21 heavy (non-hydrogen) atoms. The lowest BCUT2D eigenvalue weighted by Gasteiger charge is -2.34. The Morgan fingerprint density at radius 1 is 1.29 bits per heavy atom. The number of carbonyl (C=O) groups excluding carboxylic acids is 2. The molecule has 114 valence electrons. The second-order valence-corrected chi connectivity index (χ2v) is 5.47. The van der Waals surface area contributed by atoms with Crippen LogP contribution in [0.4, 0.5) is 10.1 Å². The first-order chi connectivity index (χ1) is 9.93. The third kappa shape index (κ3) is 2.77. The van der Waals surface area contributed by atoms with Crippen molar-refractivity contribution in [1.29, 1.82) is 0 Å². The quantitative estimate of drug-likeness (QED) is 0.930. The van der Waals surface area contributed by atoms with Crippen LogP contribution in [-0.2, 0) is 9.59 Å². The van der Waals surface area contributed by atoms with Crippen LogP contribution in [0.5, 0.6) is 0 Å². The molecule has 1 heterocycles. The Balaban J connectivity index is 2.47. The van der Waals surface area contributed by atoms with Crippen LogP contribution in [0.25, 0.3) is 0 Å². The molecule has 2 amide bonds. The second kappa shape index (κ2) is 5.84. The van der Waals surface area contributed by atoms with E-state index in [1.807, 2.05) is 13.8 Å². The Morgan fingerprint density at radius 2 is 1.95 bits per heavy atom. The van der Waals surface area contributed by atoms with Crippen molar-refractivity contribution in [2.45, 2.75) is 45.6 Å². The zero-order valence-electron chi connectivity index (χ0n) is 12.7. The van der Waals surface area contributed by atoms with Gasteiger partial charge < -0.3 is 10.2 Å². The second-order valence-electron chi connectivity index (χ2n) is 5.47. The number of hydrogen-bond donors (Lipinski definition) is 1. The Labute approximate surface area is 124 Å². The molecule has 1 aromatic carbocycles. The van der Waals surface area contributed by atoms with Crippen molar-refractivity contribution in [1.82, 2.24) is 5.32 Å². The topological polar surface area (TPSA) is 49.4 Å². The van der Waals surface area contributed by atoms with Crippen LogP contribution in [-0.4, -0.2) is 23.9 Å². The van der Waals surface area contributed by atoms with Gasteiger partial charge in [-0.3, -0.25) is 9.59 Å². The average Bonchev–Trinajstić information content (AvgIpc) is 2.58. The highest BCUT2D eigenvalue weighted by atomic mass is 19.1. The maximum atomic E-state index is 13.3. The first kappa shape index (κ1) is 15.5. The predicted octanol–water partition coefficient (Wildman–Crippen LogP) is 2.55. The van der Waals surface area contributed by atoms with Crippen molar-refractivity contribution in [2.75, 3.05) is 11.4 Å². The Morgan fingerprint density at radius 3 is 2.52 bits per heavy atom. The summed E-state index contributed by atoms with van der Waals surface area (Å²) < 4.78 is 13.3. The Hall–Kier alpha value is -1.91. The molecule has 4 nitrogen and oxygen atoms in total. The summed E-state index contributed by atoms with van der Waals surface area (Å²) in [6, 6.07) is 4.35. The molecular formula is C16H21FN2O2. The molecule has 0 bridgehead atoms. The fourth-order valence-corrected chi connectivity index (χ4v) is 2.84. The van der Waals surface area contributed by atoms with E-state index in [-0.39, 0.29) is 24.1 Å². The summed E-state index contributed by atoms with van der Waals surface area (Å²) in [4.78, 5) is 26.5. The average molecular weight is 292 g/mol. The zero-order valence-corrected chi connectivity index (χ0v) is 12.7. The number of rotatable bonds is 3. The van der Waals surface area contributed by atoms with Gasteiger partial charge in [0.1, 0.15) is 11.4 Å². The molecule has 1 aromatic rings. The van der Waals surface area contributed by atoms with Gasteiger partial charge in [-0.05, 0) is 43.5 Å². The van der Waals surface area contributed by atoms with Gasteiger partial charge in [-0.1, -0.05) is 13.8 Å². The van der Waals surface area contributed by atoms with Gasteiger partial charge in [0.2, 0.25) is 5.91 Å². The Kier molecular flexibility index (Phi) is 4.30. The minimum atomic E-state index is -0.867. The molecule has 1 saturated heterocycles. The van der Waals surface area contributed by atoms with E-state index in [1.165, 1.54) is 12.1 Å². The van der Waals surface area contributed by atoms with Crippen molar-refractivity contribution >= 4 is 17.5 Å². The van der Waals surface area contributed by atoms with Crippen LogP contribution in [0, 0.1) is 12.7 Å². The number of anilines is 1. The number of hydrogen-bond acceptors (Lipinski definition) is 2. The number of aryl methyl sites for hydroxylation is 1. The first-order valence-corrected chi connectivity index (χ1v) is 7.32. The van der Waals surface area contributed by atoms with Crippen LogP contribution in [0.1, 0.15) is 38.7 Å². The zero-order chi connectivity index (χ0) is 15.6. The van der Waals surface area contributed by atoms with E-state index < -0.39 is 5.54 Å². The SMILES string of the molecule is CCC1(CC)NC(=O)CCN(c2ccc(F)cc2C)C1=O. The molecule has 0 atom stereocenters. The van der Waals surface area contributed by atoms with E-state index in [1.54, 1.807) is 17.9 Å². The van der Waals surface area contributed by atoms with Gasteiger partial charge in [-0.2, -0.15) is 0 Å². The van der Waals surface area contributed by atoms with E-state index in [2.05, 4.69) is 5.32 Å². The van der Waals surface area contributed by atoms with E-state index in [9.17, 15) is 14.0 Å². The summed E-state index contributed by atoms with van der Waals surface area (Å²) in [5.74, 6) is -0.563. The molecule has 5 heteroatoms. The van der Waals surface area contributed by atoms with E-state index in [0.717, 1.165) is 0 Å². The third-order valence-electron chi connectivity index (χ3n) is 4.25. The highest BCUT2D eigenvalue weighted by Crippen LogP contribution is 2.28. The van der Waals surface area contributed by atoms with Gasteiger partial charge >= 0.3 is 0 Å². The van der Waals surface area contributed by atoms with Crippen molar-refractivity contribution in [2.24, 2.45) is 0 Å². The number of benzene rings is 1. The molecule has 0 unspecified atom stereocenters. The smallest absolute Gasteiger partial charge is 0.252 e. The molecule has 1 N–H and O–H groups in total. The molecule has 0 aromatic heterocycles. The van der Waals surface area contributed by atoms with Crippen molar-refractivity contribution in [3.63, 3.8) is 0 Å². The van der Waals surface area contributed by atoms with Gasteiger partial charge in [-0.25, -0.2) is 4.39 Å². The van der Waals surface area contributed by atoms with E-state index >= 15 is 0 Å². The fraction of sp³-hybridized carbons (Fsp3) is 0.500. The lowest BCUT2D eigenvalue weighted by atomic mass is 9.91. The summed E-state index contributed by atoms with van der Waals surface area (Å²) in [5.41, 5.74) is 0.497. The van der Waals surface area contributed by atoms with Crippen LogP contribution in [0.2, 0.25) is 0 Å². The molecule has 2 rings (SSSR count). The standard InChI is InChI=1S/C16H21FN2O2/c1-4-16(5-2)15(21)19(9-8-14(20)18-16)13-7-6-12(17)10-11(13)3/h6-7,10H,4-5,8-9H2,1-3H3,(H,18,20). The molecule has 0 saturated carbocycles. The fourth-order valence-electron chi connectivity index (χ4n) is 2.84. The normalized spacial score (nSPS) is 18.4. The maximum Gasteiger partial charge on any atom is 0.252 e. The number of nitrogens with one attached hydrogen (secondary N) is 1. The van der Waals surface area contributed by atoms with Gasteiger partial charge in [0.25, 0.3) is 5.91 Å². The molecule has 0 aliphatic carbocycles. The minimum absolute atomic E-state index is 0.116. The molecule has 1 aliphatic heterocycles. The van der Waals surface area contributed by atoms with Crippen molar-refractivity contribution < 1.29 is 14.0 Å². The largest absolute Gasteiger partial charge is 0.342 e. The van der Waals surface area contributed by atoms with Gasteiger partial charge in [0.15, 0.2) is 0 Å². The minimum Gasteiger partial charge on any atom is -0.342 e. The van der Waals surface area contributed by atoms with Crippen LogP contribution >= 0.6 is 0 Å². The number of carbonyl (C=O) groups is 2. The van der Waals surface area contributed by atoms with Gasteiger partial charge in [0.05, 0.1) is 0 Å². The molecule has 1 fully saturated rings. The third-order valence-corrected chi connectivity index (χ3v) is 4.25. The summed E-state index contributed by atoms with van der Waals surface area (Å²) in [5, 5.41) is 2.87. The predicted molar refractivity (Wildman–Crippen MR) is 79.6 cm³/mol. The summed E-state index contributed by atoms with van der Waals surface area (Å²) in [6.07, 6.45) is 1.32. The first-order valence-electron chi connectivity index (χ1n) is 7.32. The summed E-state index contributed by atoms with van der Waals surface area (Å²) in [7, 11) is 0. The lowest BCUT2D eigenvalue weighted by Crippen LogP contribution is -2.56. The molecule has 0 radical (unpaired) electrons. The highest BCUT2D eigenvalue weighted by Gasteiger charge is 2.42. The summed E-state index contributed by atoms with van der Waals surface area (Å²) in [6.45, 7) is 5.87. The van der Waals surface area contributed by atoms with Gasteiger partial charge in [-0.15, -0.1) is 0 Å². The van der Waals surface area contributed by atoms with Gasteiger partial charge in [0, 0.05) is 18.7 Å². The molecule has 1 aliphatic rings. The number of nitrogens with zero attached hydrogens (tertiary/aromatic N) is 1. The highest BCUT2D eigenvalue weighted by molar-refractivity contribution is 6.04. The van der Waals surface area contributed by atoms with Crippen LogP contribution in [0.3, 0.4) is 0 Å². The van der Waals surface area contributed by atoms with Crippen molar-refractivity contribution in [3.8, 4) is 0 Å². The number of amides is 2. The van der Waals surface area contributed by atoms with E-state index in [4.69, 9.17) is 0 Å². The maximum absolute atomic E-state index is 13.3. The van der Waals surface area contributed by atoms with E-state index in [0.29, 0.717) is 30.6 Å². The lowest BCUT2D eigenvalue weighted by molar-refractivity contribution is -0.130. The van der Waals surface area contributed by atoms with Crippen LogP contribution < -0.4 is 10.2 Å². The molecule has 0 spiro atoms. The Bertz CT molecular complexity index is 567. The monoisotopic (exact) mass is 292 g/mol. The van der Waals surface area contributed by atoms with Crippen LogP contribution in [0.15, 0.2) is 18.2 Å². The van der Waals surface area contributed by atoms with Crippen molar-refractivity contribution in [3.05, 3.63) is 29.6 Å². The molecular weight excluding hydrogens is 271 g/mol. The summed E-state index contributed by atoms with van der Waals surface area (Å²) >= 11 is 0.